The van der Waals surface area contributed by atoms with Crippen molar-refractivity contribution in [1.82, 2.24) is 4.90 Å². The van der Waals surface area contributed by atoms with Crippen LogP contribution in [0.15, 0.2) is 36.4 Å². The molecule has 4 rings (SSSR count). The van der Waals surface area contributed by atoms with Gasteiger partial charge in [0.15, 0.2) is 0 Å². The Morgan fingerprint density at radius 3 is 2.64 bits per heavy atom. The summed E-state index contributed by atoms with van der Waals surface area (Å²) in [5.41, 5.74) is 0.298. The number of rotatable bonds is 6. The number of ether oxygens (including phenoxy) is 3. The molecule has 3 aliphatic rings. The fraction of sp³-hybridized carbons (Fsp3) is 0.545. The molecule has 1 aromatic rings. The van der Waals surface area contributed by atoms with Crippen molar-refractivity contribution in [1.29, 1.82) is 0 Å². The van der Waals surface area contributed by atoms with Crippen LogP contribution in [-0.4, -0.2) is 48.7 Å². The van der Waals surface area contributed by atoms with Crippen molar-refractivity contribution >= 4 is 11.9 Å². The minimum absolute atomic E-state index is 0.0401. The Morgan fingerprint density at radius 1 is 1.29 bits per heavy atom. The highest BCUT2D eigenvalue weighted by Gasteiger charge is 2.67. The van der Waals surface area contributed by atoms with Crippen molar-refractivity contribution in [3.63, 3.8) is 0 Å². The molecule has 0 aromatic heterocycles. The molecule has 3 aliphatic heterocycles. The van der Waals surface area contributed by atoms with E-state index in [2.05, 4.69) is 0 Å². The van der Waals surface area contributed by atoms with Crippen LogP contribution in [0.3, 0.4) is 0 Å². The quantitative estimate of drug-likeness (QED) is 0.557. The van der Waals surface area contributed by atoms with Gasteiger partial charge in [-0.3, -0.25) is 9.59 Å². The summed E-state index contributed by atoms with van der Waals surface area (Å²) >= 11 is 0. The van der Waals surface area contributed by atoms with Crippen molar-refractivity contribution < 1.29 is 23.8 Å². The molecule has 150 valence electrons. The molecule has 0 radical (unpaired) electrons. The largest absolute Gasteiger partial charge is 0.497 e. The highest BCUT2D eigenvalue weighted by Crippen LogP contribution is 2.53. The second kappa shape index (κ2) is 6.92. The Kier molecular flexibility index (Phi) is 4.70. The number of likely N-dealkylation sites (tertiary alicyclic amines) is 1. The van der Waals surface area contributed by atoms with Gasteiger partial charge in [-0.1, -0.05) is 38.1 Å². The Hall–Kier alpha value is -2.34. The third kappa shape index (κ3) is 2.91. The minimum Gasteiger partial charge on any atom is -0.497 e. The van der Waals surface area contributed by atoms with Crippen molar-refractivity contribution in [3.8, 4) is 5.75 Å². The molecule has 2 saturated heterocycles. The third-order valence-electron chi connectivity index (χ3n) is 6.03. The van der Waals surface area contributed by atoms with Gasteiger partial charge in [0.05, 0.1) is 38.3 Å². The highest BCUT2D eigenvalue weighted by molar-refractivity contribution is 5.91. The number of carbonyl (C=O) groups is 2. The maximum atomic E-state index is 13.3. The van der Waals surface area contributed by atoms with E-state index in [0.29, 0.717) is 13.2 Å². The summed E-state index contributed by atoms with van der Waals surface area (Å²) < 4.78 is 16.8. The van der Waals surface area contributed by atoms with Gasteiger partial charge in [-0.05, 0) is 30.5 Å². The van der Waals surface area contributed by atoms with Crippen LogP contribution in [0.25, 0.3) is 0 Å². The van der Waals surface area contributed by atoms with Gasteiger partial charge in [0.25, 0.3) is 0 Å². The molecule has 3 heterocycles. The molecule has 1 aromatic carbocycles. The van der Waals surface area contributed by atoms with Crippen LogP contribution in [-0.2, 0) is 19.1 Å². The zero-order valence-corrected chi connectivity index (χ0v) is 16.8. The van der Waals surface area contributed by atoms with Crippen LogP contribution in [0.2, 0.25) is 0 Å². The van der Waals surface area contributed by atoms with E-state index in [1.54, 1.807) is 7.11 Å². The molecule has 0 N–H and O–H groups in total. The zero-order chi connectivity index (χ0) is 20.1. The summed E-state index contributed by atoms with van der Waals surface area (Å²) in [5.74, 6) is -0.424. The number of esters is 1. The molecular weight excluding hydrogens is 358 g/mol. The maximum absolute atomic E-state index is 13.3. The SMILES string of the molecule is COc1ccc([C@@H](C)N2C[C@@]34C=C[C@@H](O3)[C@@H](C(=O)OCC(C)C)[C@H]4C2=O)cc1. The Morgan fingerprint density at radius 2 is 2.00 bits per heavy atom. The van der Waals surface area contributed by atoms with Gasteiger partial charge in [-0.25, -0.2) is 0 Å². The zero-order valence-electron chi connectivity index (χ0n) is 16.8. The first kappa shape index (κ1) is 19.0. The van der Waals surface area contributed by atoms with E-state index in [1.807, 2.05) is 62.1 Å². The lowest BCUT2D eigenvalue weighted by atomic mass is 9.77. The monoisotopic (exact) mass is 385 g/mol. The number of amides is 1. The second-order valence-electron chi connectivity index (χ2n) is 8.34. The van der Waals surface area contributed by atoms with Gasteiger partial charge in [0, 0.05) is 0 Å². The average molecular weight is 385 g/mol. The van der Waals surface area contributed by atoms with E-state index < -0.39 is 17.4 Å². The normalized spacial score (nSPS) is 31.4. The fourth-order valence-corrected chi connectivity index (χ4v) is 4.53. The van der Waals surface area contributed by atoms with E-state index in [4.69, 9.17) is 14.2 Å². The Balaban J connectivity index is 1.56. The molecule has 5 atom stereocenters. The van der Waals surface area contributed by atoms with Crippen LogP contribution in [0.5, 0.6) is 5.75 Å². The molecule has 2 bridgehead atoms. The third-order valence-corrected chi connectivity index (χ3v) is 6.03. The van der Waals surface area contributed by atoms with Crippen molar-refractivity contribution in [2.75, 3.05) is 20.3 Å². The number of carbonyl (C=O) groups excluding carboxylic acids is 2. The van der Waals surface area contributed by atoms with Gasteiger partial charge in [-0.15, -0.1) is 0 Å². The molecule has 0 saturated carbocycles. The van der Waals surface area contributed by atoms with Crippen molar-refractivity contribution in [2.45, 2.75) is 38.5 Å². The summed E-state index contributed by atoms with van der Waals surface area (Å²) in [6.07, 6.45) is 3.51. The van der Waals surface area contributed by atoms with Crippen LogP contribution in [0.4, 0.5) is 0 Å². The van der Waals surface area contributed by atoms with Crippen LogP contribution in [0.1, 0.15) is 32.4 Å². The number of fused-ring (bicyclic) bond motifs is 1. The summed E-state index contributed by atoms with van der Waals surface area (Å²) in [6, 6.07) is 7.58. The van der Waals surface area contributed by atoms with E-state index in [-0.39, 0.29) is 29.9 Å². The first-order chi connectivity index (χ1) is 13.4. The lowest BCUT2D eigenvalue weighted by Gasteiger charge is -2.27. The smallest absolute Gasteiger partial charge is 0.312 e. The molecule has 2 fully saturated rings. The van der Waals surface area contributed by atoms with Crippen LogP contribution < -0.4 is 4.74 Å². The summed E-state index contributed by atoms with van der Waals surface area (Å²) in [5, 5.41) is 0. The highest BCUT2D eigenvalue weighted by atomic mass is 16.6. The maximum Gasteiger partial charge on any atom is 0.312 e. The topological polar surface area (TPSA) is 65.1 Å². The molecule has 0 aliphatic carbocycles. The Labute approximate surface area is 165 Å². The van der Waals surface area contributed by atoms with Crippen LogP contribution >= 0.6 is 0 Å². The summed E-state index contributed by atoms with van der Waals surface area (Å²) in [7, 11) is 1.63. The number of nitrogens with zero attached hydrogens (tertiary/aromatic N) is 1. The summed E-state index contributed by atoms with van der Waals surface area (Å²) in [4.78, 5) is 27.9. The number of hydrogen-bond donors (Lipinski definition) is 0. The lowest BCUT2D eigenvalue weighted by Crippen LogP contribution is -2.40. The molecular formula is C22H27NO5. The van der Waals surface area contributed by atoms with Gasteiger partial charge in [0.2, 0.25) is 5.91 Å². The molecule has 28 heavy (non-hydrogen) atoms. The van der Waals surface area contributed by atoms with Gasteiger partial charge >= 0.3 is 5.97 Å². The molecule has 6 heteroatoms. The van der Waals surface area contributed by atoms with E-state index in [0.717, 1.165) is 11.3 Å². The summed E-state index contributed by atoms with van der Waals surface area (Å²) in [6.45, 7) is 6.78. The molecule has 1 spiro atoms. The molecule has 6 nitrogen and oxygen atoms in total. The number of methoxy groups -OCH3 is 1. The Bertz CT molecular complexity index is 802. The molecule has 0 unspecified atom stereocenters. The van der Waals surface area contributed by atoms with Crippen molar-refractivity contribution in [3.05, 3.63) is 42.0 Å². The predicted molar refractivity (Wildman–Crippen MR) is 103 cm³/mol. The fourth-order valence-electron chi connectivity index (χ4n) is 4.53. The predicted octanol–water partition coefficient (Wildman–Crippen LogP) is 2.74. The standard InChI is InChI=1S/C22H27NO5/c1-13(2)11-27-21(25)18-17-9-10-22(28-17)12-23(20(24)19(18)22)14(3)15-5-7-16(26-4)8-6-15/h5-10,13-14,17-19H,11-12H2,1-4H3/t14-,17-,18-,19+,22-/m1/s1. The van der Waals surface area contributed by atoms with Crippen molar-refractivity contribution in [2.24, 2.45) is 17.8 Å². The van der Waals surface area contributed by atoms with E-state index in [1.165, 1.54) is 0 Å². The van der Waals surface area contributed by atoms with E-state index >= 15 is 0 Å². The van der Waals surface area contributed by atoms with Gasteiger partial charge < -0.3 is 19.1 Å². The number of benzene rings is 1. The minimum atomic E-state index is -0.718. The first-order valence-corrected chi connectivity index (χ1v) is 9.84. The van der Waals surface area contributed by atoms with Gasteiger partial charge in [-0.2, -0.15) is 0 Å². The number of hydrogen-bond acceptors (Lipinski definition) is 5. The van der Waals surface area contributed by atoms with Gasteiger partial charge in [0.1, 0.15) is 17.3 Å². The average Bonchev–Trinajstić information content (AvgIpc) is 3.34. The lowest BCUT2D eigenvalue weighted by molar-refractivity contribution is -0.155. The van der Waals surface area contributed by atoms with E-state index in [9.17, 15) is 9.59 Å². The molecule has 1 amide bonds. The first-order valence-electron chi connectivity index (χ1n) is 9.84. The second-order valence-corrected chi connectivity index (χ2v) is 8.34. The van der Waals surface area contributed by atoms with Crippen LogP contribution in [0, 0.1) is 17.8 Å².